The van der Waals surface area contributed by atoms with Crippen LogP contribution in [0.4, 0.5) is 4.79 Å². The summed E-state index contributed by atoms with van der Waals surface area (Å²) in [5.41, 5.74) is 1.78. The van der Waals surface area contributed by atoms with E-state index in [1.165, 1.54) is 0 Å². The van der Waals surface area contributed by atoms with Crippen molar-refractivity contribution in [3.63, 3.8) is 0 Å². The van der Waals surface area contributed by atoms with E-state index in [1.807, 2.05) is 33.8 Å². The molecule has 1 amide bonds. The summed E-state index contributed by atoms with van der Waals surface area (Å²) in [5.74, 6) is -0.0291. The number of ether oxygens (including phenoxy) is 1. The summed E-state index contributed by atoms with van der Waals surface area (Å²) >= 11 is 0. The fourth-order valence-corrected chi connectivity index (χ4v) is 4.27. The Balaban J connectivity index is 1.78. The Bertz CT molecular complexity index is 1050. The number of hydrogen-bond donors (Lipinski definition) is 1. The molecule has 0 unspecified atom stereocenters. The van der Waals surface area contributed by atoms with Gasteiger partial charge in [-0.2, -0.15) is 18.4 Å². The fourth-order valence-electron chi connectivity index (χ4n) is 3.45. The van der Waals surface area contributed by atoms with Crippen molar-refractivity contribution in [1.82, 2.24) is 14.7 Å². The molecular weight excluding hydrogens is 428 g/mol. The summed E-state index contributed by atoms with van der Waals surface area (Å²) in [4.78, 5) is 20.7. The van der Waals surface area contributed by atoms with Crippen molar-refractivity contribution in [3.8, 4) is 0 Å². The van der Waals surface area contributed by atoms with Crippen LogP contribution < -0.4 is 4.83 Å². The smallest absolute Gasteiger partial charge is 0.410 e. The van der Waals surface area contributed by atoms with Crippen LogP contribution in [0.1, 0.15) is 44.7 Å². The third-order valence-electron chi connectivity index (χ3n) is 5.11. The van der Waals surface area contributed by atoms with Crippen molar-refractivity contribution in [3.05, 3.63) is 59.9 Å². The average molecular weight is 459 g/mol. The first-order chi connectivity index (χ1) is 15.0. The van der Waals surface area contributed by atoms with Crippen LogP contribution in [0.2, 0.25) is 0 Å². The lowest BCUT2D eigenvalue weighted by Crippen LogP contribution is -2.43. The SMILES string of the molecule is Cc1ccc(S(=O)(=O)NN=C(c2cccnc2)C2CCN(C(=O)OC(C)(C)C)CC2)cc1. The van der Waals surface area contributed by atoms with Gasteiger partial charge in [-0.3, -0.25) is 4.98 Å². The molecule has 1 aromatic heterocycles. The minimum absolute atomic E-state index is 0.0291. The Kier molecular flexibility index (Phi) is 7.18. The first kappa shape index (κ1) is 23.7. The maximum absolute atomic E-state index is 12.7. The predicted octanol–water partition coefficient (Wildman–Crippen LogP) is 3.72. The highest BCUT2D eigenvalue weighted by atomic mass is 32.2. The van der Waals surface area contributed by atoms with E-state index in [9.17, 15) is 13.2 Å². The van der Waals surface area contributed by atoms with Gasteiger partial charge in [-0.1, -0.05) is 17.7 Å². The number of rotatable bonds is 5. The van der Waals surface area contributed by atoms with E-state index in [1.54, 1.807) is 47.6 Å². The van der Waals surface area contributed by atoms with Gasteiger partial charge < -0.3 is 9.64 Å². The van der Waals surface area contributed by atoms with Crippen molar-refractivity contribution in [2.24, 2.45) is 11.0 Å². The zero-order chi connectivity index (χ0) is 23.4. The second-order valence-corrected chi connectivity index (χ2v) is 10.5. The molecule has 32 heavy (non-hydrogen) atoms. The van der Waals surface area contributed by atoms with E-state index in [-0.39, 0.29) is 16.9 Å². The van der Waals surface area contributed by atoms with Crippen molar-refractivity contribution in [1.29, 1.82) is 0 Å². The van der Waals surface area contributed by atoms with Crippen LogP contribution >= 0.6 is 0 Å². The molecule has 1 aliphatic rings. The number of hydrazone groups is 1. The number of pyridine rings is 1. The topological polar surface area (TPSA) is 101 Å². The Morgan fingerprint density at radius 2 is 1.81 bits per heavy atom. The standard InChI is InChI=1S/C23H30N4O4S/c1-17-7-9-20(10-8-17)32(29,30)26-25-21(19-6-5-13-24-16-19)18-11-14-27(15-12-18)22(28)31-23(2,3)4/h5-10,13,16,18,26H,11-12,14-15H2,1-4H3. The number of carbonyl (C=O) groups is 1. The average Bonchev–Trinajstić information content (AvgIpc) is 2.74. The minimum atomic E-state index is -3.81. The van der Waals surface area contributed by atoms with Gasteiger partial charge in [0, 0.05) is 37.0 Å². The number of piperidine rings is 1. The molecule has 8 nitrogen and oxygen atoms in total. The second kappa shape index (κ2) is 9.68. The summed E-state index contributed by atoms with van der Waals surface area (Å²) in [6.45, 7) is 8.42. The lowest BCUT2D eigenvalue weighted by molar-refractivity contribution is 0.0202. The molecule has 0 spiro atoms. The normalized spacial score (nSPS) is 16.0. The summed E-state index contributed by atoms with van der Waals surface area (Å²) in [7, 11) is -3.81. The molecule has 1 fully saturated rings. The lowest BCUT2D eigenvalue weighted by Gasteiger charge is -2.33. The van der Waals surface area contributed by atoms with Crippen molar-refractivity contribution < 1.29 is 17.9 Å². The van der Waals surface area contributed by atoms with Gasteiger partial charge in [-0.15, -0.1) is 0 Å². The van der Waals surface area contributed by atoms with E-state index in [0.717, 1.165) is 11.1 Å². The minimum Gasteiger partial charge on any atom is -0.444 e. The van der Waals surface area contributed by atoms with Gasteiger partial charge >= 0.3 is 6.09 Å². The Labute approximate surface area is 189 Å². The molecule has 1 aliphatic heterocycles. The van der Waals surface area contributed by atoms with E-state index < -0.39 is 15.6 Å². The van der Waals surface area contributed by atoms with Crippen LogP contribution in [0.25, 0.3) is 0 Å². The number of hydrogen-bond acceptors (Lipinski definition) is 6. The van der Waals surface area contributed by atoms with E-state index in [4.69, 9.17) is 4.74 Å². The first-order valence-electron chi connectivity index (χ1n) is 10.6. The molecule has 0 bridgehead atoms. The third kappa shape index (κ3) is 6.29. The Morgan fingerprint density at radius 3 is 2.38 bits per heavy atom. The first-order valence-corrected chi connectivity index (χ1v) is 12.1. The van der Waals surface area contributed by atoms with E-state index >= 15 is 0 Å². The van der Waals surface area contributed by atoms with Gasteiger partial charge in [0.05, 0.1) is 10.6 Å². The van der Waals surface area contributed by atoms with Crippen LogP contribution in [0, 0.1) is 12.8 Å². The number of sulfonamides is 1. The van der Waals surface area contributed by atoms with Gasteiger partial charge in [0.1, 0.15) is 5.60 Å². The summed E-state index contributed by atoms with van der Waals surface area (Å²) in [6, 6.07) is 10.2. The van der Waals surface area contributed by atoms with E-state index in [0.29, 0.717) is 31.6 Å². The highest BCUT2D eigenvalue weighted by molar-refractivity contribution is 7.89. The molecule has 3 rings (SSSR count). The molecule has 1 saturated heterocycles. The van der Waals surface area contributed by atoms with Crippen LogP contribution in [-0.4, -0.2) is 48.8 Å². The third-order valence-corrected chi connectivity index (χ3v) is 6.33. The number of benzene rings is 1. The number of nitrogens with zero attached hydrogens (tertiary/aromatic N) is 3. The molecule has 172 valence electrons. The van der Waals surface area contributed by atoms with Crippen molar-refractivity contribution >= 4 is 21.8 Å². The predicted molar refractivity (Wildman–Crippen MR) is 123 cm³/mol. The lowest BCUT2D eigenvalue weighted by atomic mass is 9.89. The van der Waals surface area contributed by atoms with Gasteiger partial charge in [0.2, 0.25) is 0 Å². The van der Waals surface area contributed by atoms with Gasteiger partial charge in [-0.05, 0) is 64.8 Å². The fraction of sp³-hybridized carbons (Fsp3) is 0.435. The molecule has 2 aromatic rings. The second-order valence-electron chi connectivity index (χ2n) is 8.89. The summed E-state index contributed by atoms with van der Waals surface area (Å²) in [5, 5.41) is 4.32. The molecule has 1 N–H and O–H groups in total. The number of aromatic nitrogens is 1. The number of carbonyl (C=O) groups excluding carboxylic acids is 1. The molecular formula is C23H30N4O4S. The molecule has 0 saturated carbocycles. The highest BCUT2D eigenvalue weighted by Crippen LogP contribution is 2.24. The molecule has 0 radical (unpaired) electrons. The molecule has 0 aliphatic carbocycles. The summed E-state index contributed by atoms with van der Waals surface area (Å²) in [6.07, 6.45) is 4.26. The Morgan fingerprint density at radius 1 is 1.16 bits per heavy atom. The van der Waals surface area contributed by atoms with Gasteiger partial charge in [0.15, 0.2) is 0 Å². The van der Waals surface area contributed by atoms with Gasteiger partial charge in [0.25, 0.3) is 10.0 Å². The zero-order valence-electron chi connectivity index (χ0n) is 18.9. The highest BCUT2D eigenvalue weighted by Gasteiger charge is 2.30. The largest absolute Gasteiger partial charge is 0.444 e. The van der Waals surface area contributed by atoms with Crippen LogP contribution in [0.3, 0.4) is 0 Å². The summed E-state index contributed by atoms with van der Waals surface area (Å²) < 4.78 is 30.9. The van der Waals surface area contributed by atoms with Crippen molar-refractivity contribution in [2.45, 2.75) is 51.0 Å². The monoisotopic (exact) mass is 458 g/mol. The number of likely N-dealkylation sites (tertiary alicyclic amines) is 1. The van der Waals surface area contributed by atoms with E-state index in [2.05, 4.69) is 14.9 Å². The maximum atomic E-state index is 12.7. The molecule has 2 heterocycles. The zero-order valence-corrected chi connectivity index (χ0v) is 19.7. The van der Waals surface area contributed by atoms with Crippen molar-refractivity contribution in [2.75, 3.05) is 13.1 Å². The quantitative estimate of drug-likeness (QED) is 0.544. The number of aryl methyl sites for hydroxylation is 1. The molecule has 9 heteroatoms. The number of nitrogens with one attached hydrogen (secondary N) is 1. The van der Waals surface area contributed by atoms with Gasteiger partial charge in [-0.25, -0.2) is 4.79 Å². The van der Waals surface area contributed by atoms with Crippen LogP contribution in [0.5, 0.6) is 0 Å². The Hall–Kier alpha value is -2.94. The van der Waals surface area contributed by atoms with Crippen LogP contribution in [0.15, 0.2) is 58.8 Å². The maximum Gasteiger partial charge on any atom is 0.410 e. The molecule has 0 atom stereocenters. The van der Waals surface area contributed by atoms with Crippen LogP contribution in [-0.2, 0) is 14.8 Å². The molecule has 1 aromatic carbocycles. The number of amides is 1.